The van der Waals surface area contributed by atoms with Crippen LogP contribution in [0.25, 0.3) is 0 Å². The van der Waals surface area contributed by atoms with Gasteiger partial charge in [-0.25, -0.2) is 4.68 Å². The van der Waals surface area contributed by atoms with Crippen molar-refractivity contribution in [2.45, 2.75) is 26.0 Å². The van der Waals surface area contributed by atoms with Crippen LogP contribution in [0.5, 0.6) is 0 Å². The number of anilines is 1. The Hall–Kier alpha value is -1.14. The Morgan fingerprint density at radius 1 is 1.56 bits per heavy atom. The van der Waals surface area contributed by atoms with Crippen molar-refractivity contribution in [2.24, 2.45) is 0 Å². The Balaban J connectivity index is 2.02. The SMILES string of the molecule is CCc1c(N)nnn1CC1CN(C)CCO1. The van der Waals surface area contributed by atoms with Crippen molar-refractivity contribution in [1.82, 2.24) is 19.9 Å². The van der Waals surface area contributed by atoms with Gasteiger partial charge in [0.05, 0.1) is 24.9 Å². The van der Waals surface area contributed by atoms with Crippen LogP contribution in [0.1, 0.15) is 12.6 Å². The van der Waals surface area contributed by atoms with E-state index in [1.807, 2.05) is 4.68 Å². The molecule has 1 unspecified atom stereocenters. The predicted octanol–water partition coefficient (Wildman–Crippen LogP) is -0.247. The number of morpholine rings is 1. The van der Waals surface area contributed by atoms with Gasteiger partial charge < -0.3 is 15.4 Å². The summed E-state index contributed by atoms with van der Waals surface area (Å²) >= 11 is 0. The zero-order chi connectivity index (χ0) is 11.5. The van der Waals surface area contributed by atoms with Crippen molar-refractivity contribution in [2.75, 3.05) is 32.5 Å². The second kappa shape index (κ2) is 4.80. The van der Waals surface area contributed by atoms with Crippen LogP contribution in [0.15, 0.2) is 0 Å². The summed E-state index contributed by atoms with van der Waals surface area (Å²) in [6.07, 6.45) is 1.03. The first-order valence-electron chi connectivity index (χ1n) is 5.68. The third-order valence-corrected chi connectivity index (χ3v) is 2.92. The summed E-state index contributed by atoms with van der Waals surface area (Å²) in [5.74, 6) is 0.534. The third-order valence-electron chi connectivity index (χ3n) is 2.92. The molecule has 1 atom stereocenters. The Morgan fingerprint density at radius 2 is 2.38 bits per heavy atom. The van der Waals surface area contributed by atoms with Crippen molar-refractivity contribution in [3.05, 3.63) is 5.69 Å². The molecule has 1 aliphatic heterocycles. The van der Waals surface area contributed by atoms with E-state index in [0.717, 1.165) is 38.4 Å². The van der Waals surface area contributed by atoms with Gasteiger partial charge in [-0.2, -0.15) is 0 Å². The lowest BCUT2D eigenvalue weighted by Crippen LogP contribution is -2.42. The zero-order valence-corrected chi connectivity index (χ0v) is 9.89. The summed E-state index contributed by atoms with van der Waals surface area (Å²) in [4.78, 5) is 2.26. The fourth-order valence-electron chi connectivity index (χ4n) is 2.03. The average molecular weight is 225 g/mol. The third kappa shape index (κ3) is 2.33. The summed E-state index contributed by atoms with van der Waals surface area (Å²) in [7, 11) is 2.10. The minimum Gasteiger partial charge on any atom is -0.381 e. The summed E-state index contributed by atoms with van der Waals surface area (Å²) < 4.78 is 7.55. The van der Waals surface area contributed by atoms with Crippen LogP contribution in [0.4, 0.5) is 5.82 Å². The van der Waals surface area contributed by atoms with E-state index < -0.39 is 0 Å². The maximum Gasteiger partial charge on any atom is 0.169 e. The Kier molecular flexibility index (Phi) is 3.40. The van der Waals surface area contributed by atoms with Gasteiger partial charge in [-0.1, -0.05) is 12.1 Å². The standard InChI is InChI=1S/C10H19N5O/c1-3-9-10(11)12-13-15(9)7-8-6-14(2)4-5-16-8/h8H,3-7,11H2,1-2H3. The molecular formula is C10H19N5O. The smallest absolute Gasteiger partial charge is 0.169 e. The molecule has 0 amide bonds. The largest absolute Gasteiger partial charge is 0.381 e. The van der Waals surface area contributed by atoms with E-state index >= 15 is 0 Å². The van der Waals surface area contributed by atoms with Gasteiger partial charge in [0.15, 0.2) is 5.82 Å². The highest BCUT2D eigenvalue weighted by molar-refractivity contribution is 5.32. The van der Waals surface area contributed by atoms with Crippen LogP contribution >= 0.6 is 0 Å². The van der Waals surface area contributed by atoms with Gasteiger partial charge >= 0.3 is 0 Å². The molecular weight excluding hydrogens is 206 g/mol. The first-order chi connectivity index (χ1) is 7.70. The highest BCUT2D eigenvalue weighted by Crippen LogP contribution is 2.11. The van der Waals surface area contributed by atoms with E-state index in [2.05, 4.69) is 29.2 Å². The molecule has 2 N–H and O–H groups in total. The molecule has 6 heteroatoms. The fourth-order valence-corrected chi connectivity index (χ4v) is 2.03. The zero-order valence-electron chi connectivity index (χ0n) is 9.89. The van der Waals surface area contributed by atoms with Crippen LogP contribution in [-0.2, 0) is 17.7 Å². The summed E-state index contributed by atoms with van der Waals surface area (Å²) in [6.45, 7) is 5.50. The summed E-state index contributed by atoms with van der Waals surface area (Å²) in [6, 6.07) is 0. The Morgan fingerprint density at radius 3 is 3.06 bits per heavy atom. The van der Waals surface area contributed by atoms with Crippen molar-refractivity contribution in [3.63, 3.8) is 0 Å². The molecule has 6 nitrogen and oxygen atoms in total. The second-order valence-corrected chi connectivity index (χ2v) is 4.21. The lowest BCUT2D eigenvalue weighted by Gasteiger charge is -2.30. The van der Waals surface area contributed by atoms with Crippen molar-refractivity contribution in [1.29, 1.82) is 0 Å². The Bertz CT molecular complexity index is 351. The molecule has 1 aromatic rings. The summed E-state index contributed by atoms with van der Waals surface area (Å²) in [5.41, 5.74) is 6.74. The van der Waals surface area contributed by atoms with Crippen molar-refractivity contribution >= 4 is 5.82 Å². The molecule has 0 bridgehead atoms. The molecule has 0 aliphatic carbocycles. The minimum atomic E-state index is 0.185. The Labute approximate surface area is 95.4 Å². The van der Waals surface area contributed by atoms with E-state index in [-0.39, 0.29) is 6.10 Å². The van der Waals surface area contributed by atoms with Crippen LogP contribution in [0.2, 0.25) is 0 Å². The van der Waals surface area contributed by atoms with Crippen LogP contribution in [-0.4, -0.2) is 52.7 Å². The first-order valence-corrected chi connectivity index (χ1v) is 5.68. The topological polar surface area (TPSA) is 69.2 Å². The van der Waals surface area contributed by atoms with E-state index in [0.29, 0.717) is 5.82 Å². The number of hydrogen-bond acceptors (Lipinski definition) is 5. The molecule has 1 aromatic heterocycles. The molecule has 2 heterocycles. The predicted molar refractivity (Wildman–Crippen MR) is 61.0 cm³/mol. The molecule has 2 rings (SSSR count). The number of ether oxygens (including phenoxy) is 1. The number of rotatable bonds is 3. The van der Waals surface area contributed by atoms with Gasteiger partial charge in [0.2, 0.25) is 0 Å². The number of nitrogens with two attached hydrogens (primary N) is 1. The summed E-state index contributed by atoms with van der Waals surface area (Å²) in [5, 5.41) is 7.94. The van der Waals surface area contributed by atoms with Gasteiger partial charge in [-0.3, -0.25) is 0 Å². The quantitative estimate of drug-likeness (QED) is 0.768. The van der Waals surface area contributed by atoms with E-state index in [1.165, 1.54) is 0 Å². The van der Waals surface area contributed by atoms with Crippen LogP contribution in [0, 0.1) is 0 Å². The maximum absolute atomic E-state index is 5.74. The maximum atomic E-state index is 5.74. The monoisotopic (exact) mass is 225 g/mol. The highest BCUT2D eigenvalue weighted by atomic mass is 16.5. The van der Waals surface area contributed by atoms with E-state index in [4.69, 9.17) is 10.5 Å². The number of nitrogens with zero attached hydrogens (tertiary/aromatic N) is 4. The van der Waals surface area contributed by atoms with E-state index in [1.54, 1.807) is 0 Å². The van der Waals surface area contributed by atoms with Crippen LogP contribution < -0.4 is 5.73 Å². The number of aromatic nitrogens is 3. The molecule has 0 spiro atoms. The molecule has 1 saturated heterocycles. The molecule has 90 valence electrons. The lowest BCUT2D eigenvalue weighted by molar-refractivity contribution is -0.0296. The number of likely N-dealkylation sites (N-methyl/N-ethyl adjacent to an activating group) is 1. The first kappa shape index (κ1) is 11.3. The fraction of sp³-hybridized carbons (Fsp3) is 0.800. The van der Waals surface area contributed by atoms with E-state index in [9.17, 15) is 0 Å². The highest BCUT2D eigenvalue weighted by Gasteiger charge is 2.20. The average Bonchev–Trinajstić information content (AvgIpc) is 2.59. The normalized spacial score (nSPS) is 22.5. The molecule has 0 aromatic carbocycles. The number of nitrogen functional groups attached to an aromatic ring is 1. The molecule has 0 saturated carbocycles. The lowest BCUT2D eigenvalue weighted by atomic mass is 10.2. The molecule has 16 heavy (non-hydrogen) atoms. The van der Waals surface area contributed by atoms with Gasteiger partial charge in [0, 0.05) is 13.1 Å². The van der Waals surface area contributed by atoms with Gasteiger partial charge in [0.25, 0.3) is 0 Å². The molecule has 1 fully saturated rings. The molecule has 1 aliphatic rings. The van der Waals surface area contributed by atoms with Gasteiger partial charge in [0.1, 0.15) is 0 Å². The second-order valence-electron chi connectivity index (χ2n) is 4.21. The van der Waals surface area contributed by atoms with Crippen molar-refractivity contribution in [3.8, 4) is 0 Å². The van der Waals surface area contributed by atoms with Gasteiger partial charge in [-0.05, 0) is 13.5 Å². The van der Waals surface area contributed by atoms with Gasteiger partial charge in [-0.15, -0.1) is 5.10 Å². The van der Waals surface area contributed by atoms with Crippen molar-refractivity contribution < 1.29 is 4.74 Å². The molecule has 0 radical (unpaired) electrons. The number of hydrogen-bond donors (Lipinski definition) is 1. The minimum absolute atomic E-state index is 0.185. The van der Waals surface area contributed by atoms with Crippen LogP contribution in [0.3, 0.4) is 0 Å².